The summed E-state index contributed by atoms with van der Waals surface area (Å²) >= 11 is 0. The summed E-state index contributed by atoms with van der Waals surface area (Å²) in [6, 6.07) is 6.00. The number of benzene rings is 1. The number of hydrogen-bond acceptors (Lipinski definition) is 4. The van der Waals surface area contributed by atoms with Crippen LogP contribution in [0.25, 0.3) is 0 Å². The summed E-state index contributed by atoms with van der Waals surface area (Å²) in [7, 11) is -1.58. The molecule has 25 heavy (non-hydrogen) atoms. The van der Waals surface area contributed by atoms with Crippen molar-refractivity contribution in [1.82, 2.24) is 14.9 Å². The molecule has 0 spiro atoms. The van der Waals surface area contributed by atoms with E-state index in [1.165, 1.54) is 12.1 Å². The van der Waals surface area contributed by atoms with E-state index in [-0.39, 0.29) is 29.3 Å². The fourth-order valence-electron chi connectivity index (χ4n) is 2.97. The number of likely N-dealkylation sites (tertiary alicyclic amines) is 1. The topological polar surface area (TPSA) is 78.5 Å². The first kappa shape index (κ1) is 21.9. The molecule has 6 nitrogen and oxygen atoms in total. The van der Waals surface area contributed by atoms with Crippen LogP contribution in [0, 0.1) is 5.92 Å². The van der Waals surface area contributed by atoms with Crippen molar-refractivity contribution in [1.29, 1.82) is 0 Å². The van der Waals surface area contributed by atoms with Gasteiger partial charge in [-0.3, -0.25) is 4.79 Å². The number of nitrogens with zero attached hydrogens (tertiary/aromatic N) is 1. The van der Waals surface area contributed by atoms with Gasteiger partial charge in [0.2, 0.25) is 10.0 Å². The van der Waals surface area contributed by atoms with Crippen LogP contribution in [0.2, 0.25) is 0 Å². The standard InChI is InChI=1S/C17H27N3O3S.ClH/c1-13(2)19-24(22,23)16-6-4-15(5-7-16)17(21)20-10-8-14(9-11-20)12-18-3;/h4-7,13-14,18-19H,8-12H2,1-3H3;1H. The fraction of sp³-hybridized carbons (Fsp3) is 0.588. The highest BCUT2D eigenvalue weighted by Gasteiger charge is 2.23. The van der Waals surface area contributed by atoms with E-state index in [1.807, 2.05) is 11.9 Å². The van der Waals surface area contributed by atoms with E-state index in [9.17, 15) is 13.2 Å². The van der Waals surface area contributed by atoms with Crippen molar-refractivity contribution >= 4 is 28.3 Å². The van der Waals surface area contributed by atoms with Crippen molar-refractivity contribution in [2.45, 2.75) is 37.6 Å². The zero-order chi connectivity index (χ0) is 17.7. The quantitative estimate of drug-likeness (QED) is 0.778. The average Bonchev–Trinajstić information content (AvgIpc) is 2.54. The maximum atomic E-state index is 12.5. The van der Waals surface area contributed by atoms with Gasteiger partial charge < -0.3 is 10.2 Å². The van der Waals surface area contributed by atoms with Crippen molar-refractivity contribution in [3.63, 3.8) is 0 Å². The Hall–Kier alpha value is -1.15. The van der Waals surface area contributed by atoms with Gasteiger partial charge in [0.05, 0.1) is 4.90 Å². The predicted molar refractivity (Wildman–Crippen MR) is 102 cm³/mol. The molecule has 1 aromatic carbocycles. The number of amides is 1. The minimum atomic E-state index is -3.52. The van der Waals surface area contributed by atoms with E-state index in [1.54, 1.807) is 26.0 Å². The van der Waals surface area contributed by atoms with Crippen LogP contribution in [0.5, 0.6) is 0 Å². The lowest BCUT2D eigenvalue weighted by atomic mass is 9.96. The van der Waals surface area contributed by atoms with Crippen molar-refractivity contribution in [3.8, 4) is 0 Å². The minimum absolute atomic E-state index is 0. The average molecular weight is 390 g/mol. The number of sulfonamides is 1. The Bertz CT molecular complexity index is 654. The number of carbonyl (C=O) groups excluding carboxylic acids is 1. The lowest BCUT2D eigenvalue weighted by Crippen LogP contribution is -2.40. The Morgan fingerprint density at radius 2 is 1.76 bits per heavy atom. The summed E-state index contributed by atoms with van der Waals surface area (Å²) in [6.07, 6.45) is 1.99. The Morgan fingerprint density at radius 1 is 1.20 bits per heavy atom. The number of rotatable bonds is 6. The van der Waals surface area contributed by atoms with Crippen LogP contribution in [0.1, 0.15) is 37.0 Å². The molecule has 142 valence electrons. The van der Waals surface area contributed by atoms with Gasteiger partial charge in [0.1, 0.15) is 0 Å². The molecule has 1 heterocycles. The SMILES string of the molecule is CNCC1CCN(C(=O)c2ccc(S(=O)(=O)NC(C)C)cc2)CC1.Cl. The molecule has 0 saturated carbocycles. The molecule has 1 aliphatic heterocycles. The zero-order valence-corrected chi connectivity index (χ0v) is 16.6. The normalized spacial score (nSPS) is 15.9. The lowest BCUT2D eigenvalue weighted by molar-refractivity contribution is 0.0691. The summed E-state index contributed by atoms with van der Waals surface area (Å²) in [4.78, 5) is 14.6. The Kier molecular flexibility index (Phi) is 8.34. The monoisotopic (exact) mass is 389 g/mol. The number of halogens is 1. The smallest absolute Gasteiger partial charge is 0.253 e. The molecule has 0 aromatic heterocycles. The maximum Gasteiger partial charge on any atom is 0.253 e. The van der Waals surface area contributed by atoms with Gasteiger partial charge in [-0.15, -0.1) is 12.4 Å². The van der Waals surface area contributed by atoms with Gasteiger partial charge in [-0.25, -0.2) is 13.1 Å². The van der Waals surface area contributed by atoms with E-state index >= 15 is 0 Å². The number of carbonyl (C=O) groups is 1. The number of piperidine rings is 1. The summed E-state index contributed by atoms with van der Waals surface area (Å²) in [5.74, 6) is 0.590. The largest absolute Gasteiger partial charge is 0.339 e. The molecule has 1 aliphatic rings. The van der Waals surface area contributed by atoms with E-state index in [4.69, 9.17) is 0 Å². The van der Waals surface area contributed by atoms with Crippen molar-refractivity contribution in [3.05, 3.63) is 29.8 Å². The molecule has 2 rings (SSSR count). The van der Waals surface area contributed by atoms with Crippen LogP contribution in [0.4, 0.5) is 0 Å². The number of nitrogens with one attached hydrogen (secondary N) is 2. The van der Waals surface area contributed by atoms with Crippen LogP contribution in [0.3, 0.4) is 0 Å². The molecule has 1 fully saturated rings. The van der Waals surface area contributed by atoms with E-state index in [0.717, 1.165) is 32.5 Å². The third kappa shape index (κ3) is 5.95. The minimum Gasteiger partial charge on any atom is -0.339 e. The first-order valence-corrected chi connectivity index (χ1v) is 9.88. The highest BCUT2D eigenvalue weighted by molar-refractivity contribution is 7.89. The van der Waals surface area contributed by atoms with Gasteiger partial charge in [-0.2, -0.15) is 0 Å². The molecule has 1 amide bonds. The summed E-state index contributed by atoms with van der Waals surface area (Å²) in [5.41, 5.74) is 0.533. The molecule has 0 atom stereocenters. The second-order valence-electron chi connectivity index (χ2n) is 6.59. The third-order valence-electron chi connectivity index (χ3n) is 4.20. The van der Waals surface area contributed by atoms with Gasteiger partial charge in [0.25, 0.3) is 5.91 Å². The zero-order valence-electron chi connectivity index (χ0n) is 15.0. The van der Waals surface area contributed by atoms with Crippen molar-refractivity contribution in [2.24, 2.45) is 5.92 Å². The molecule has 2 N–H and O–H groups in total. The lowest BCUT2D eigenvalue weighted by Gasteiger charge is -2.32. The summed E-state index contributed by atoms with van der Waals surface area (Å²) in [5, 5.41) is 3.18. The molecule has 1 saturated heterocycles. The highest BCUT2D eigenvalue weighted by Crippen LogP contribution is 2.19. The van der Waals surface area contributed by atoms with Gasteiger partial charge in [0, 0.05) is 24.7 Å². The maximum absolute atomic E-state index is 12.5. The van der Waals surface area contributed by atoms with Crippen LogP contribution in [-0.2, 0) is 10.0 Å². The van der Waals surface area contributed by atoms with E-state index in [2.05, 4.69) is 10.0 Å². The molecular formula is C17H28ClN3O3S. The van der Waals surface area contributed by atoms with Crippen LogP contribution in [-0.4, -0.2) is 51.9 Å². The van der Waals surface area contributed by atoms with Gasteiger partial charge in [-0.1, -0.05) is 0 Å². The molecular weight excluding hydrogens is 362 g/mol. The van der Waals surface area contributed by atoms with Crippen LogP contribution in [0.15, 0.2) is 29.2 Å². The summed E-state index contributed by atoms with van der Waals surface area (Å²) in [6.45, 7) is 6.03. The summed E-state index contributed by atoms with van der Waals surface area (Å²) < 4.78 is 26.8. The van der Waals surface area contributed by atoms with Crippen molar-refractivity contribution in [2.75, 3.05) is 26.7 Å². The Morgan fingerprint density at radius 3 is 2.24 bits per heavy atom. The molecule has 0 radical (unpaired) electrons. The first-order chi connectivity index (χ1) is 11.3. The molecule has 0 bridgehead atoms. The van der Waals surface area contributed by atoms with Crippen LogP contribution < -0.4 is 10.0 Å². The fourth-order valence-corrected chi connectivity index (χ4v) is 4.22. The Balaban J connectivity index is 0.00000312. The second-order valence-corrected chi connectivity index (χ2v) is 8.31. The first-order valence-electron chi connectivity index (χ1n) is 8.39. The molecule has 0 unspecified atom stereocenters. The predicted octanol–water partition coefficient (Wildman–Crippen LogP) is 1.87. The Labute approximate surface area is 156 Å². The molecule has 8 heteroatoms. The van der Waals surface area contributed by atoms with E-state index < -0.39 is 10.0 Å². The van der Waals surface area contributed by atoms with Crippen molar-refractivity contribution < 1.29 is 13.2 Å². The molecule has 0 aliphatic carbocycles. The molecule has 1 aromatic rings. The highest BCUT2D eigenvalue weighted by atomic mass is 35.5. The van der Waals surface area contributed by atoms with Crippen LogP contribution >= 0.6 is 12.4 Å². The van der Waals surface area contributed by atoms with Gasteiger partial charge in [-0.05, 0) is 70.5 Å². The second kappa shape index (κ2) is 9.52. The number of hydrogen-bond donors (Lipinski definition) is 2. The van der Waals surface area contributed by atoms with E-state index in [0.29, 0.717) is 11.5 Å². The van der Waals surface area contributed by atoms with Gasteiger partial charge >= 0.3 is 0 Å². The van der Waals surface area contributed by atoms with Gasteiger partial charge in [0.15, 0.2) is 0 Å². The third-order valence-corrected chi connectivity index (χ3v) is 5.87.